The minimum absolute atomic E-state index is 0.00561. The SMILES string of the molecule is O=C(NCCN1C(=O)S/C(=C/c2ccc([N+](=O)[O-])cc2)C1=O)c1c2c(nc3ccccc13)/C(=C\c1ccc(Oc3ccccc3)cc1)CCC2. The van der Waals surface area contributed by atoms with E-state index in [-0.39, 0.29) is 29.6 Å². The summed E-state index contributed by atoms with van der Waals surface area (Å²) in [6.45, 7) is 0.0571. The van der Waals surface area contributed by atoms with Crippen molar-refractivity contribution in [3.63, 3.8) is 0 Å². The highest BCUT2D eigenvalue weighted by Crippen LogP contribution is 2.37. The van der Waals surface area contributed by atoms with Crippen molar-refractivity contribution in [2.45, 2.75) is 19.3 Å². The second kappa shape index (κ2) is 14.2. The van der Waals surface area contributed by atoms with E-state index in [0.29, 0.717) is 23.1 Å². The largest absolute Gasteiger partial charge is 0.457 e. The third kappa shape index (κ3) is 6.90. The van der Waals surface area contributed by atoms with Crippen LogP contribution in [0.25, 0.3) is 28.6 Å². The Morgan fingerprint density at radius 1 is 0.880 bits per heavy atom. The third-order valence-corrected chi connectivity index (χ3v) is 9.40. The molecule has 1 N–H and O–H groups in total. The molecule has 0 radical (unpaired) electrons. The summed E-state index contributed by atoms with van der Waals surface area (Å²) in [7, 11) is 0. The number of imide groups is 1. The number of rotatable bonds is 9. The molecule has 11 heteroatoms. The molecule has 0 atom stereocenters. The van der Waals surface area contributed by atoms with Crippen LogP contribution >= 0.6 is 11.8 Å². The molecule has 0 unspecified atom stereocenters. The van der Waals surface area contributed by atoms with Gasteiger partial charge in [0.05, 0.1) is 26.6 Å². The fourth-order valence-corrected chi connectivity index (χ4v) is 6.96. The highest BCUT2D eigenvalue weighted by Gasteiger charge is 2.35. The van der Waals surface area contributed by atoms with Crippen LogP contribution in [-0.4, -0.2) is 45.0 Å². The molecule has 50 heavy (non-hydrogen) atoms. The minimum Gasteiger partial charge on any atom is -0.457 e. The molecule has 0 spiro atoms. The van der Waals surface area contributed by atoms with E-state index in [0.717, 1.165) is 68.8 Å². The van der Waals surface area contributed by atoms with Crippen LogP contribution in [0.3, 0.4) is 0 Å². The fraction of sp³-hybridized carbons (Fsp3) is 0.128. The number of benzene rings is 4. The van der Waals surface area contributed by atoms with E-state index in [4.69, 9.17) is 9.72 Å². The monoisotopic (exact) mass is 682 g/mol. The molecule has 1 aromatic heterocycles. The number of thioether (sulfide) groups is 1. The van der Waals surface area contributed by atoms with Crippen LogP contribution in [0.5, 0.6) is 11.5 Å². The van der Waals surface area contributed by atoms with Gasteiger partial charge in [-0.15, -0.1) is 0 Å². The number of para-hydroxylation sites is 2. The van der Waals surface area contributed by atoms with E-state index in [9.17, 15) is 24.5 Å². The van der Waals surface area contributed by atoms with Crippen LogP contribution in [0.4, 0.5) is 10.5 Å². The first kappa shape index (κ1) is 32.5. The number of amides is 3. The number of nitrogens with one attached hydrogen (secondary N) is 1. The lowest BCUT2D eigenvalue weighted by Crippen LogP contribution is -2.37. The zero-order chi connectivity index (χ0) is 34.6. The van der Waals surface area contributed by atoms with Crippen molar-refractivity contribution in [2.24, 2.45) is 0 Å². The number of nitro groups is 1. The highest BCUT2D eigenvalue weighted by atomic mass is 32.2. The second-order valence-electron chi connectivity index (χ2n) is 11.8. The Bertz CT molecular complexity index is 2200. The van der Waals surface area contributed by atoms with Crippen molar-refractivity contribution in [1.29, 1.82) is 0 Å². The maximum Gasteiger partial charge on any atom is 0.293 e. The summed E-state index contributed by atoms with van der Waals surface area (Å²) < 4.78 is 5.95. The van der Waals surface area contributed by atoms with Gasteiger partial charge in [0.2, 0.25) is 0 Å². The lowest BCUT2D eigenvalue weighted by atomic mass is 9.85. The van der Waals surface area contributed by atoms with E-state index >= 15 is 0 Å². The number of hydrogen-bond acceptors (Lipinski definition) is 8. The number of nitrogens with zero attached hydrogens (tertiary/aromatic N) is 3. The number of non-ortho nitro benzene ring substituents is 1. The van der Waals surface area contributed by atoms with Crippen LogP contribution in [0.2, 0.25) is 0 Å². The van der Waals surface area contributed by atoms with Gasteiger partial charge in [0.25, 0.3) is 22.7 Å². The number of pyridine rings is 1. The molecule has 10 nitrogen and oxygen atoms in total. The van der Waals surface area contributed by atoms with Crippen molar-refractivity contribution >= 4 is 63.1 Å². The standard InChI is InChI=1S/C39H30N4O6S/c44-37(40-21-22-42-38(45)34(50-39(42)46)24-26-13-17-28(18-14-26)43(47)48)35-31-10-4-5-12-33(31)41-36-27(7-6-11-32(35)36)23-25-15-19-30(20-16-25)49-29-8-2-1-3-9-29/h1-5,8-10,12-20,23-24H,6-7,11,21-22H2,(H,40,44)/b27-23-,34-24+. The first-order valence-electron chi connectivity index (χ1n) is 16.1. The van der Waals surface area contributed by atoms with E-state index in [1.165, 1.54) is 30.3 Å². The fourth-order valence-electron chi connectivity index (χ4n) is 6.10. The van der Waals surface area contributed by atoms with Gasteiger partial charge in [-0.05, 0) is 108 Å². The number of carbonyl (C=O) groups excluding carboxylic acids is 3. The molecule has 4 aromatic carbocycles. The van der Waals surface area contributed by atoms with Crippen molar-refractivity contribution in [1.82, 2.24) is 15.2 Å². The first-order valence-corrected chi connectivity index (χ1v) is 16.9. The topological polar surface area (TPSA) is 132 Å². The average molecular weight is 683 g/mol. The number of fused-ring (bicyclic) bond motifs is 2. The van der Waals surface area contributed by atoms with Gasteiger partial charge in [-0.3, -0.25) is 29.4 Å². The van der Waals surface area contributed by atoms with Gasteiger partial charge in [0.1, 0.15) is 11.5 Å². The molecule has 1 aliphatic heterocycles. The van der Waals surface area contributed by atoms with Crippen molar-refractivity contribution in [2.75, 3.05) is 13.1 Å². The summed E-state index contributed by atoms with van der Waals surface area (Å²) >= 11 is 0.795. The molecule has 248 valence electrons. The van der Waals surface area contributed by atoms with Gasteiger partial charge in [-0.2, -0.15) is 0 Å². The number of aromatic nitrogens is 1. The van der Waals surface area contributed by atoms with E-state index in [2.05, 4.69) is 11.4 Å². The van der Waals surface area contributed by atoms with Crippen LogP contribution < -0.4 is 10.1 Å². The molecule has 7 rings (SSSR count). The maximum absolute atomic E-state index is 13.9. The van der Waals surface area contributed by atoms with Crippen molar-refractivity contribution in [3.05, 3.63) is 146 Å². The molecule has 0 bridgehead atoms. The van der Waals surface area contributed by atoms with Crippen molar-refractivity contribution in [3.8, 4) is 11.5 Å². The Kier molecular flexibility index (Phi) is 9.22. The van der Waals surface area contributed by atoms with Crippen LogP contribution in [0.15, 0.2) is 108 Å². The number of hydrogen-bond donors (Lipinski definition) is 1. The predicted molar refractivity (Wildman–Crippen MR) is 194 cm³/mol. The van der Waals surface area contributed by atoms with Crippen LogP contribution in [-0.2, 0) is 11.2 Å². The Hall–Kier alpha value is -6.07. The summed E-state index contributed by atoms with van der Waals surface area (Å²) in [5.41, 5.74) is 5.46. The average Bonchev–Trinajstić information content (AvgIpc) is 3.39. The maximum atomic E-state index is 13.9. The van der Waals surface area contributed by atoms with E-state index in [1.54, 1.807) is 0 Å². The molecule has 5 aromatic rings. The molecule has 1 saturated heterocycles. The summed E-state index contributed by atoms with van der Waals surface area (Å²) in [4.78, 5) is 56.4. The molecule has 2 heterocycles. The molecular weight excluding hydrogens is 653 g/mol. The summed E-state index contributed by atoms with van der Waals surface area (Å²) in [5, 5.41) is 14.2. The Morgan fingerprint density at radius 3 is 2.32 bits per heavy atom. The highest BCUT2D eigenvalue weighted by molar-refractivity contribution is 8.18. The first-order chi connectivity index (χ1) is 24.3. The van der Waals surface area contributed by atoms with Gasteiger partial charge in [0, 0.05) is 30.6 Å². The van der Waals surface area contributed by atoms with Crippen LogP contribution in [0, 0.1) is 10.1 Å². The van der Waals surface area contributed by atoms with Gasteiger partial charge >= 0.3 is 0 Å². The predicted octanol–water partition coefficient (Wildman–Crippen LogP) is 8.28. The summed E-state index contributed by atoms with van der Waals surface area (Å²) in [6, 6.07) is 30.7. The number of nitro benzene ring substituents is 1. The lowest BCUT2D eigenvalue weighted by molar-refractivity contribution is -0.384. The molecule has 3 amide bonds. The number of allylic oxidation sites excluding steroid dienone is 1. The lowest BCUT2D eigenvalue weighted by Gasteiger charge is -2.23. The van der Waals surface area contributed by atoms with Gasteiger partial charge in [0.15, 0.2) is 0 Å². The van der Waals surface area contributed by atoms with Gasteiger partial charge in [-0.25, -0.2) is 4.98 Å². The molecular formula is C39H30N4O6S. The Morgan fingerprint density at radius 2 is 1.56 bits per heavy atom. The third-order valence-electron chi connectivity index (χ3n) is 8.49. The number of ether oxygens (including phenoxy) is 1. The van der Waals surface area contributed by atoms with Gasteiger partial charge < -0.3 is 10.1 Å². The van der Waals surface area contributed by atoms with E-state index < -0.39 is 16.1 Å². The zero-order valence-electron chi connectivity index (χ0n) is 26.7. The molecule has 1 fully saturated rings. The Labute approximate surface area is 291 Å². The Balaban J connectivity index is 1.08. The molecule has 1 aliphatic carbocycles. The number of carbonyl (C=O) groups is 3. The quantitative estimate of drug-likeness (QED) is 0.0934. The van der Waals surface area contributed by atoms with E-state index in [1.807, 2.05) is 78.9 Å². The smallest absolute Gasteiger partial charge is 0.293 e. The summed E-state index contributed by atoms with van der Waals surface area (Å²) in [5.74, 6) is 0.726. The van der Waals surface area contributed by atoms with Crippen LogP contribution in [0.1, 0.15) is 45.6 Å². The summed E-state index contributed by atoms with van der Waals surface area (Å²) in [6.07, 6.45) is 5.99. The normalized spacial score (nSPS) is 15.8. The second-order valence-corrected chi connectivity index (χ2v) is 12.8. The molecule has 0 saturated carbocycles. The van der Waals surface area contributed by atoms with Crippen molar-refractivity contribution < 1.29 is 24.0 Å². The molecule has 2 aliphatic rings. The van der Waals surface area contributed by atoms with Gasteiger partial charge in [-0.1, -0.05) is 48.5 Å². The minimum atomic E-state index is -0.505. The zero-order valence-corrected chi connectivity index (χ0v) is 27.5.